The number of carbonyl (C=O) groups excluding carboxylic acids is 1. The lowest BCUT2D eigenvalue weighted by molar-refractivity contribution is -0.122. The Morgan fingerprint density at radius 3 is 2.56 bits per heavy atom. The molecule has 0 saturated carbocycles. The van der Waals surface area contributed by atoms with E-state index in [2.05, 4.69) is 10.2 Å². The number of halogens is 1. The van der Waals surface area contributed by atoms with Gasteiger partial charge in [-0.2, -0.15) is 5.10 Å². The molecule has 1 saturated heterocycles. The molecule has 2 heterocycles. The predicted octanol–water partition coefficient (Wildman–Crippen LogP) is 6.49. The summed E-state index contributed by atoms with van der Waals surface area (Å²) in [7, 11) is 0. The molecule has 160 valence electrons. The molecule has 0 bridgehead atoms. The monoisotopic (exact) mass is 461 g/mol. The van der Waals surface area contributed by atoms with Crippen molar-refractivity contribution in [2.45, 2.75) is 13.5 Å². The Balaban J connectivity index is 1.58. The van der Waals surface area contributed by atoms with Crippen LogP contribution in [0.2, 0.25) is 5.02 Å². The molecular formula is C25H20ClN3O2S. The van der Waals surface area contributed by atoms with Crippen LogP contribution in [0.15, 0.2) is 98.1 Å². The third-order valence-corrected chi connectivity index (χ3v) is 5.80. The molecule has 5 nitrogen and oxygen atoms in total. The maximum atomic E-state index is 13.1. The maximum absolute atomic E-state index is 13.1. The van der Waals surface area contributed by atoms with Crippen molar-refractivity contribution in [3.8, 4) is 0 Å². The molecule has 0 radical (unpaired) electrons. The minimum atomic E-state index is -0.146. The first-order valence-electron chi connectivity index (χ1n) is 9.92. The maximum Gasteiger partial charge on any atom is 0.267 e. The predicted molar refractivity (Wildman–Crippen MR) is 132 cm³/mol. The van der Waals surface area contributed by atoms with Gasteiger partial charge in [0.1, 0.15) is 5.76 Å². The van der Waals surface area contributed by atoms with E-state index in [9.17, 15) is 4.79 Å². The van der Waals surface area contributed by atoms with Crippen LogP contribution in [0.4, 0.5) is 0 Å². The second-order valence-electron chi connectivity index (χ2n) is 7.06. The quantitative estimate of drug-likeness (QED) is 0.239. The lowest BCUT2D eigenvalue weighted by atomic mass is 10.1. The van der Waals surface area contributed by atoms with Crippen molar-refractivity contribution in [3.05, 3.63) is 105 Å². The minimum Gasteiger partial charge on any atom is -0.467 e. The fourth-order valence-corrected chi connectivity index (χ4v) is 4.07. The van der Waals surface area contributed by atoms with Crippen molar-refractivity contribution in [3.63, 3.8) is 0 Å². The van der Waals surface area contributed by atoms with Crippen molar-refractivity contribution in [1.29, 1.82) is 0 Å². The summed E-state index contributed by atoms with van der Waals surface area (Å²) in [6.45, 7) is 2.24. The summed E-state index contributed by atoms with van der Waals surface area (Å²) in [6, 6.07) is 20.9. The van der Waals surface area contributed by atoms with Crippen molar-refractivity contribution >= 4 is 52.8 Å². The molecular weight excluding hydrogens is 442 g/mol. The number of amidine groups is 1. The van der Waals surface area contributed by atoms with E-state index in [1.54, 1.807) is 35.6 Å². The Morgan fingerprint density at radius 2 is 1.84 bits per heavy atom. The molecule has 3 aromatic rings. The van der Waals surface area contributed by atoms with Gasteiger partial charge in [-0.1, -0.05) is 60.1 Å². The number of furan rings is 1. The summed E-state index contributed by atoms with van der Waals surface area (Å²) in [5.74, 6) is 0.523. The van der Waals surface area contributed by atoms with Crippen LogP contribution < -0.4 is 0 Å². The van der Waals surface area contributed by atoms with Crippen LogP contribution in [0, 0.1) is 0 Å². The Labute approximate surface area is 195 Å². The van der Waals surface area contributed by atoms with Crippen molar-refractivity contribution in [2.75, 3.05) is 0 Å². The van der Waals surface area contributed by atoms with Crippen LogP contribution in [0.5, 0.6) is 0 Å². The smallest absolute Gasteiger partial charge is 0.267 e. The van der Waals surface area contributed by atoms with E-state index in [1.165, 1.54) is 11.8 Å². The van der Waals surface area contributed by atoms with Crippen molar-refractivity contribution in [1.82, 2.24) is 4.90 Å². The van der Waals surface area contributed by atoms with Gasteiger partial charge in [0.05, 0.1) is 23.9 Å². The summed E-state index contributed by atoms with van der Waals surface area (Å²) in [4.78, 5) is 15.2. The summed E-state index contributed by atoms with van der Waals surface area (Å²) >= 11 is 7.25. The highest BCUT2D eigenvalue weighted by atomic mass is 35.5. The van der Waals surface area contributed by atoms with Gasteiger partial charge in [-0.05, 0) is 65.7 Å². The number of hydrogen-bond acceptors (Lipinski definition) is 5. The van der Waals surface area contributed by atoms with Crippen LogP contribution in [-0.4, -0.2) is 22.2 Å². The Bertz CT molecular complexity index is 1200. The molecule has 7 heteroatoms. The zero-order valence-electron chi connectivity index (χ0n) is 17.3. The van der Waals surface area contributed by atoms with Gasteiger partial charge in [0.15, 0.2) is 5.17 Å². The number of allylic oxidation sites excluding steroid dienone is 1. The topological polar surface area (TPSA) is 58.2 Å². The summed E-state index contributed by atoms with van der Waals surface area (Å²) in [5, 5.41) is 9.70. The van der Waals surface area contributed by atoms with Gasteiger partial charge in [-0.25, -0.2) is 0 Å². The summed E-state index contributed by atoms with van der Waals surface area (Å²) in [5.41, 5.74) is 2.92. The van der Waals surface area contributed by atoms with Crippen LogP contribution in [0.3, 0.4) is 0 Å². The van der Waals surface area contributed by atoms with E-state index >= 15 is 0 Å². The first-order valence-corrected chi connectivity index (χ1v) is 11.1. The molecule has 1 aromatic heterocycles. The minimum absolute atomic E-state index is 0.146. The average Bonchev–Trinajstić information content (AvgIpc) is 3.40. The summed E-state index contributed by atoms with van der Waals surface area (Å²) < 4.78 is 5.43. The molecule has 0 unspecified atom stereocenters. The number of carbonyl (C=O) groups is 1. The number of nitrogens with zero attached hydrogens (tertiary/aromatic N) is 3. The highest BCUT2D eigenvalue weighted by molar-refractivity contribution is 8.18. The van der Waals surface area contributed by atoms with Crippen molar-refractivity contribution in [2.24, 2.45) is 10.2 Å². The van der Waals surface area contributed by atoms with E-state index in [0.717, 1.165) is 16.7 Å². The van der Waals surface area contributed by atoms with E-state index in [0.29, 0.717) is 20.9 Å². The average molecular weight is 462 g/mol. The largest absolute Gasteiger partial charge is 0.467 e. The van der Waals surface area contributed by atoms with Crippen molar-refractivity contribution < 1.29 is 9.21 Å². The first kappa shape index (κ1) is 21.9. The van der Waals surface area contributed by atoms with Gasteiger partial charge in [0.2, 0.25) is 0 Å². The lowest BCUT2D eigenvalue weighted by Gasteiger charge is -2.12. The SMILES string of the molecule is CC(/C=N\N=C1/S/C(=C\c2ccc(Cl)cc2)C(=O)N1Cc1ccco1)=C\c1ccccc1. The number of benzene rings is 2. The zero-order valence-corrected chi connectivity index (χ0v) is 18.9. The highest BCUT2D eigenvalue weighted by Gasteiger charge is 2.34. The second-order valence-corrected chi connectivity index (χ2v) is 8.50. The molecule has 1 aliphatic rings. The normalized spacial score (nSPS) is 17.2. The van der Waals surface area contributed by atoms with Crippen LogP contribution in [-0.2, 0) is 11.3 Å². The van der Waals surface area contributed by atoms with E-state index in [1.807, 2.05) is 67.6 Å². The molecule has 0 atom stereocenters. The molecule has 0 spiro atoms. The van der Waals surface area contributed by atoms with Gasteiger partial charge in [-0.15, -0.1) is 5.10 Å². The third kappa shape index (κ3) is 5.66. The molecule has 1 amide bonds. The Kier molecular flexibility index (Phi) is 7.04. The van der Waals surface area contributed by atoms with Gasteiger partial charge >= 0.3 is 0 Å². The molecule has 1 aliphatic heterocycles. The number of hydrogen-bond donors (Lipinski definition) is 0. The van der Waals surface area contributed by atoms with Gasteiger partial charge < -0.3 is 4.42 Å². The number of rotatable bonds is 6. The fourth-order valence-electron chi connectivity index (χ4n) is 3.01. The standard InChI is InChI=1S/C25H20ClN3O2S/c1-18(14-19-6-3-2-4-7-19)16-27-28-25-29(17-22-8-5-13-31-22)24(30)23(32-25)15-20-9-11-21(26)12-10-20/h2-16H,17H2,1H3/b18-14+,23-15-,27-16-,28-25-. The molecule has 0 N–H and O–H groups in total. The highest BCUT2D eigenvalue weighted by Crippen LogP contribution is 2.34. The summed E-state index contributed by atoms with van der Waals surface area (Å²) in [6.07, 6.45) is 7.10. The molecule has 4 rings (SSSR count). The second kappa shape index (κ2) is 10.3. The van der Waals surface area contributed by atoms with Crippen LogP contribution in [0.25, 0.3) is 12.2 Å². The van der Waals surface area contributed by atoms with Gasteiger partial charge in [-0.3, -0.25) is 9.69 Å². The van der Waals surface area contributed by atoms with Crippen LogP contribution in [0.1, 0.15) is 23.8 Å². The first-order chi connectivity index (χ1) is 15.6. The van der Waals surface area contributed by atoms with Gasteiger partial charge in [0, 0.05) is 5.02 Å². The molecule has 2 aromatic carbocycles. The van der Waals surface area contributed by atoms with E-state index in [-0.39, 0.29) is 12.5 Å². The molecule has 1 fully saturated rings. The van der Waals surface area contributed by atoms with Crippen LogP contribution >= 0.6 is 23.4 Å². The van der Waals surface area contributed by atoms with Gasteiger partial charge in [0.25, 0.3) is 5.91 Å². The number of amides is 1. The Morgan fingerprint density at radius 1 is 1.06 bits per heavy atom. The third-order valence-electron chi connectivity index (χ3n) is 4.55. The number of thioether (sulfide) groups is 1. The Hall–Kier alpha value is -3.35. The van der Waals surface area contributed by atoms with E-state index in [4.69, 9.17) is 16.0 Å². The molecule has 32 heavy (non-hydrogen) atoms. The zero-order chi connectivity index (χ0) is 22.3. The van der Waals surface area contributed by atoms with E-state index < -0.39 is 0 Å². The lowest BCUT2D eigenvalue weighted by Crippen LogP contribution is -2.28. The molecule has 0 aliphatic carbocycles. The fraction of sp³-hybridized carbons (Fsp3) is 0.0800.